The van der Waals surface area contributed by atoms with Gasteiger partial charge in [0.25, 0.3) is 5.56 Å². The van der Waals surface area contributed by atoms with Gasteiger partial charge in [-0.3, -0.25) is 14.2 Å². The van der Waals surface area contributed by atoms with Crippen LogP contribution in [-0.2, 0) is 11.3 Å². The highest BCUT2D eigenvalue weighted by molar-refractivity contribution is 7.99. The fraction of sp³-hybridized carbons (Fsp3) is 0.312. The van der Waals surface area contributed by atoms with Gasteiger partial charge < -0.3 is 10.1 Å². The summed E-state index contributed by atoms with van der Waals surface area (Å²) in [5.41, 5.74) is 0.139. The topological polar surface area (TPSA) is 73.2 Å². The summed E-state index contributed by atoms with van der Waals surface area (Å²) in [5, 5.41) is 2.97. The Morgan fingerprint density at radius 2 is 2.12 bits per heavy atom. The summed E-state index contributed by atoms with van der Waals surface area (Å²) >= 11 is 1.25. The van der Waals surface area contributed by atoms with E-state index < -0.39 is 23.9 Å². The number of aryl methyl sites for hydroxylation is 1. The number of nitrogens with one attached hydrogen (secondary N) is 1. The second-order valence-corrected chi connectivity index (χ2v) is 6.67. The Balaban J connectivity index is 1.78. The largest absolute Gasteiger partial charge is 0.573 e. The molecule has 0 fully saturated rings. The Morgan fingerprint density at radius 3 is 2.85 bits per heavy atom. The van der Waals surface area contributed by atoms with Gasteiger partial charge in [-0.2, -0.15) is 0 Å². The number of ether oxygens (including phenoxy) is 1. The number of thioether (sulfide) groups is 1. The molecule has 1 aliphatic rings. The van der Waals surface area contributed by atoms with Crippen molar-refractivity contribution >= 4 is 23.4 Å². The maximum atomic E-state index is 12.5. The fourth-order valence-electron chi connectivity index (χ4n) is 2.48. The first kappa shape index (κ1) is 18.3. The zero-order chi connectivity index (χ0) is 18.9. The Labute approximate surface area is 150 Å². The summed E-state index contributed by atoms with van der Waals surface area (Å²) in [4.78, 5) is 28.8. The van der Waals surface area contributed by atoms with Gasteiger partial charge in [-0.1, -0.05) is 23.9 Å². The number of carbonyl (C=O) groups is 1. The van der Waals surface area contributed by atoms with Gasteiger partial charge in [-0.15, -0.1) is 13.2 Å². The van der Waals surface area contributed by atoms with Crippen molar-refractivity contribution in [2.75, 3.05) is 11.1 Å². The van der Waals surface area contributed by atoms with Crippen molar-refractivity contribution in [1.29, 1.82) is 0 Å². The summed E-state index contributed by atoms with van der Waals surface area (Å²) in [7, 11) is 0. The van der Waals surface area contributed by atoms with E-state index in [9.17, 15) is 22.8 Å². The number of hydrogen-bond donors (Lipinski definition) is 1. The van der Waals surface area contributed by atoms with Gasteiger partial charge >= 0.3 is 6.36 Å². The minimum atomic E-state index is -4.86. The van der Waals surface area contributed by atoms with E-state index in [0.717, 1.165) is 6.07 Å². The number of alkyl halides is 3. The maximum absolute atomic E-state index is 12.5. The number of anilines is 1. The van der Waals surface area contributed by atoms with Gasteiger partial charge in [0.15, 0.2) is 10.9 Å². The van der Waals surface area contributed by atoms with Crippen molar-refractivity contribution in [3.8, 4) is 5.75 Å². The first-order valence-electron chi connectivity index (χ1n) is 7.59. The molecule has 6 nitrogen and oxygen atoms in total. The van der Waals surface area contributed by atoms with E-state index in [4.69, 9.17) is 0 Å². The number of rotatable bonds is 3. The van der Waals surface area contributed by atoms with Crippen LogP contribution < -0.4 is 15.6 Å². The lowest BCUT2D eigenvalue weighted by Crippen LogP contribution is -2.37. The highest BCUT2D eigenvalue weighted by Crippen LogP contribution is 2.31. The lowest BCUT2D eigenvalue weighted by Gasteiger charge is -2.24. The monoisotopic (exact) mass is 385 g/mol. The van der Waals surface area contributed by atoms with Crippen molar-refractivity contribution in [2.45, 2.75) is 25.0 Å². The van der Waals surface area contributed by atoms with Crippen molar-refractivity contribution in [3.63, 3.8) is 0 Å². The van der Waals surface area contributed by atoms with Crippen molar-refractivity contribution in [2.24, 2.45) is 5.92 Å². The summed E-state index contributed by atoms with van der Waals surface area (Å²) in [6, 6.07) is 5.30. The molecule has 3 rings (SSSR count). The highest BCUT2D eigenvalue weighted by atomic mass is 32.2. The SMILES string of the molecule is Cc1cnc2n(c1=O)CC(C(=O)Nc1ccccc1OC(F)(F)F)CS2. The number of nitrogens with zero attached hydrogens (tertiary/aromatic N) is 2. The van der Waals surface area contributed by atoms with Crippen molar-refractivity contribution in [1.82, 2.24) is 9.55 Å². The fourth-order valence-corrected chi connectivity index (χ4v) is 3.53. The van der Waals surface area contributed by atoms with Crippen molar-refractivity contribution < 1.29 is 22.7 Å². The van der Waals surface area contributed by atoms with Crippen LogP contribution in [0.1, 0.15) is 5.56 Å². The molecule has 138 valence electrons. The van der Waals surface area contributed by atoms with Gasteiger partial charge in [0, 0.05) is 24.1 Å². The molecule has 1 aliphatic heterocycles. The molecule has 0 saturated carbocycles. The van der Waals surface area contributed by atoms with Crippen LogP contribution in [0.2, 0.25) is 0 Å². The average Bonchev–Trinajstić information content (AvgIpc) is 2.58. The van der Waals surface area contributed by atoms with Crippen LogP contribution in [0.15, 0.2) is 40.4 Å². The Bertz CT molecular complexity index is 898. The second kappa shape index (κ2) is 7.02. The number of benzene rings is 1. The van der Waals surface area contributed by atoms with Crippen molar-refractivity contribution in [3.05, 3.63) is 46.4 Å². The molecular formula is C16H14F3N3O3S. The molecule has 26 heavy (non-hydrogen) atoms. The molecule has 1 unspecified atom stereocenters. The quantitative estimate of drug-likeness (QED) is 0.823. The van der Waals surface area contributed by atoms with E-state index in [-0.39, 0.29) is 17.8 Å². The number of para-hydroxylation sites is 2. The van der Waals surface area contributed by atoms with Crippen LogP contribution in [-0.4, -0.2) is 27.6 Å². The van der Waals surface area contributed by atoms with Gasteiger partial charge in [0.05, 0.1) is 11.6 Å². The van der Waals surface area contributed by atoms with Crippen LogP contribution in [0.5, 0.6) is 5.75 Å². The molecule has 1 aromatic heterocycles. The number of halogens is 3. The number of aromatic nitrogens is 2. The molecule has 1 amide bonds. The van der Waals surface area contributed by atoms with E-state index in [1.165, 1.54) is 40.7 Å². The molecule has 1 atom stereocenters. The maximum Gasteiger partial charge on any atom is 0.573 e. The number of hydrogen-bond acceptors (Lipinski definition) is 5. The Morgan fingerprint density at radius 1 is 1.38 bits per heavy atom. The minimum absolute atomic E-state index is 0.0830. The normalized spacial score (nSPS) is 16.7. The third-order valence-corrected chi connectivity index (χ3v) is 4.89. The smallest absolute Gasteiger partial charge is 0.404 e. The van der Waals surface area contributed by atoms with Gasteiger partial charge in [0.2, 0.25) is 5.91 Å². The Hall–Kier alpha value is -2.49. The molecular weight excluding hydrogens is 371 g/mol. The van der Waals surface area contributed by atoms with E-state index in [0.29, 0.717) is 16.5 Å². The van der Waals surface area contributed by atoms with Crippen LogP contribution in [0.3, 0.4) is 0 Å². The molecule has 1 N–H and O–H groups in total. The molecule has 10 heteroatoms. The minimum Gasteiger partial charge on any atom is -0.404 e. The number of amides is 1. The first-order valence-corrected chi connectivity index (χ1v) is 8.58. The molecule has 0 saturated heterocycles. The summed E-state index contributed by atoms with van der Waals surface area (Å²) in [6.45, 7) is 1.74. The zero-order valence-corrected chi connectivity index (χ0v) is 14.4. The standard InChI is InChI=1S/C16H14F3N3O3S/c1-9-6-20-15-22(14(9)24)7-10(8-26-15)13(23)21-11-4-2-3-5-12(11)25-16(17,18)19/h2-6,10H,7-8H2,1H3,(H,21,23). The summed E-state index contributed by atoms with van der Waals surface area (Å²) in [6.07, 6.45) is -3.39. The summed E-state index contributed by atoms with van der Waals surface area (Å²) in [5.74, 6) is -1.21. The highest BCUT2D eigenvalue weighted by Gasteiger charge is 2.33. The molecule has 2 aromatic rings. The van der Waals surface area contributed by atoms with Gasteiger partial charge in [0.1, 0.15) is 0 Å². The van der Waals surface area contributed by atoms with Crippen LogP contribution in [0.25, 0.3) is 0 Å². The van der Waals surface area contributed by atoms with E-state index in [1.54, 1.807) is 6.92 Å². The molecule has 0 spiro atoms. The molecule has 0 bridgehead atoms. The zero-order valence-electron chi connectivity index (χ0n) is 13.5. The van der Waals surface area contributed by atoms with Crippen LogP contribution >= 0.6 is 11.8 Å². The van der Waals surface area contributed by atoms with Gasteiger partial charge in [-0.25, -0.2) is 4.98 Å². The second-order valence-electron chi connectivity index (χ2n) is 5.68. The predicted octanol–water partition coefficient (Wildman–Crippen LogP) is 2.81. The Kier molecular flexibility index (Phi) is 4.94. The van der Waals surface area contributed by atoms with E-state index in [2.05, 4.69) is 15.0 Å². The molecule has 2 heterocycles. The summed E-state index contributed by atoms with van der Waals surface area (Å²) < 4.78 is 42.8. The van der Waals surface area contributed by atoms with E-state index in [1.807, 2.05) is 0 Å². The lowest BCUT2D eigenvalue weighted by atomic mass is 10.1. The predicted molar refractivity (Wildman–Crippen MR) is 89.2 cm³/mol. The molecule has 0 radical (unpaired) electrons. The number of fused-ring (bicyclic) bond motifs is 1. The lowest BCUT2D eigenvalue weighted by molar-refractivity contribution is -0.274. The van der Waals surface area contributed by atoms with Gasteiger partial charge in [-0.05, 0) is 19.1 Å². The first-order chi connectivity index (χ1) is 12.2. The molecule has 0 aliphatic carbocycles. The molecule has 1 aromatic carbocycles. The third kappa shape index (κ3) is 4.01. The average molecular weight is 385 g/mol. The van der Waals surface area contributed by atoms with E-state index >= 15 is 0 Å². The number of carbonyl (C=O) groups excluding carboxylic acids is 1. The van der Waals surface area contributed by atoms with Crippen LogP contribution in [0.4, 0.5) is 18.9 Å². The van der Waals surface area contributed by atoms with Crippen LogP contribution in [0, 0.1) is 12.8 Å². The third-order valence-electron chi connectivity index (χ3n) is 3.74.